The fraction of sp³-hybridized carbons (Fsp3) is 0.625. The molecule has 1 N–H and O–H groups in total. The summed E-state index contributed by atoms with van der Waals surface area (Å²) in [4.78, 5) is 2.56. The second kappa shape index (κ2) is 6.23. The van der Waals surface area contributed by atoms with Gasteiger partial charge in [-0.1, -0.05) is 29.3 Å². The monoisotopic (exact) mass is 312 g/mol. The lowest BCUT2D eigenvalue weighted by molar-refractivity contribution is 0.0601. The quantitative estimate of drug-likeness (QED) is 0.889. The number of hydrogen-bond donors (Lipinski definition) is 1. The zero-order chi connectivity index (χ0) is 14.0. The summed E-state index contributed by atoms with van der Waals surface area (Å²) in [5.41, 5.74) is 1.69. The van der Waals surface area contributed by atoms with Crippen molar-refractivity contribution < 1.29 is 0 Å². The molecule has 2 saturated heterocycles. The summed E-state index contributed by atoms with van der Waals surface area (Å²) < 4.78 is 0. The molecule has 1 unspecified atom stereocenters. The lowest BCUT2D eigenvalue weighted by Gasteiger charge is -2.45. The van der Waals surface area contributed by atoms with E-state index in [0.717, 1.165) is 11.6 Å². The van der Waals surface area contributed by atoms with Gasteiger partial charge in [-0.3, -0.25) is 4.90 Å². The Kier molecular flexibility index (Phi) is 4.56. The molecule has 0 aliphatic carbocycles. The molecule has 1 atom stereocenters. The van der Waals surface area contributed by atoms with Gasteiger partial charge in [0.05, 0.1) is 0 Å². The highest BCUT2D eigenvalue weighted by Gasteiger charge is 2.36. The number of benzene rings is 1. The van der Waals surface area contributed by atoms with Gasteiger partial charge in [0.2, 0.25) is 0 Å². The van der Waals surface area contributed by atoms with Gasteiger partial charge in [0.1, 0.15) is 0 Å². The maximum Gasteiger partial charge on any atom is 0.0465 e. The molecule has 0 aromatic heterocycles. The maximum absolute atomic E-state index is 6.30. The van der Waals surface area contributed by atoms with Crippen LogP contribution in [-0.2, 0) is 6.54 Å². The Balaban J connectivity index is 1.68. The second-order valence-corrected chi connectivity index (χ2v) is 7.17. The number of halogens is 2. The van der Waals surface area contributed by atoms with E-state index in [9.17, 15) is 0 Å². The third-order valence-corrected chi connectivity index (χ3v) is 5.30. The van der Waals surface area contributed by atoms with Crippen LogP contribution in [0.4, 0.5) is 0 Å². The van der Waals surface area contributed by atoms with Crippen molar-refractivity contribution in [2.45, 2.75) is 32.2 Å². The van der Waals surface area contributed by atoms with Crippen LogP contribution >= 0.6 is 23.2 Å². The standard InChI is InChI=1S/C16H22Cl2N2/c17-14-4-3-13(15(18)9-14)10-20-8-2-6-16(12-20)5-1-7-19-11-16/h3-4,9,19H,1-2,5-8,10-12H2. The Hall–Kier alpha value is -0.280. The second-order valence-electron chi connectivity index (χ2n) is 6.33. The number of likely N-dealkylation sites (tertiary alicyclic amines) is 1. The Labute approximate surface area is 131 Å². The van der Waals surface area contributed by atoms with E-state index in [-0.39, 0.29) is 0 Å². The van der Waals surface area contributed by atoms with Gasteiger partial charge in [0.15, 0.2) is 0 Å². The molecule has 1 spiro atoms. The van der Waals surface area contributed by atoms with E-state index >= 15 is 0 Å². The first-order valence-corrected chi connectivity index (χ1v) is 8.30. The summed E-state index contributed by atoms with van der Waals surface area (Å²) in [7, 11) is 0. The zero-order valence-electron chi connectivity index (χ0n) is 11.8. The SMILES string of the molecule is Clc1ccc(CN2CCCC3(CCCNC3)C2)c(Cl)c1. The molecule has 1 aromatic carbocycles. The van der Waals surface area contributed by atoms with E-state index in [1.807, 2.05) is 12.1 Å². The van der Waals surface area contributed by atoms with Crippen molar-refractivity contribution in [1.29, 1.82) is 0 Å². The van der Waals surface area contributed by atoms with Crippen LogP contribution < -0.4 is 5.32 Å². The van der Waals surface area contributed by atoms with E-state index < -0.39 is 0 Å². The number of rotatable bonds is 2. The first kappa shape index (κ1) is 14.6. The largest absolute Gasteiger partial charge is 0.316 e. The molecular weight excluding hydrogens is 291 g/mol. The summed E-state index contributed by atoms with van der Waals surface area (Å²) in [5, 5.41) is 5.08. The molecule has 0 radical (unpaired) electrons. The van der Waals surface area contributed by atoms with Crippen molar-refractivity contribution >= 4 is 23.2 Å². The fourth-order valence-corrected chi connectivity index (χ4v) is 4.18. The summed E-state index contributed by atoms with van der Waals surface area (Å²) in [5.74, 6) is 0. The highest BCUT2D eigenvalue weighted by molar-refractivity contribution is 6.35. The number of nitrogens with zero attached hydrogens (tertiary/aromatic N) is 1. The van der Waals surface area contributed by atoms with Gasteiger partial charge < -0.3 is 5.32 Å². The summed E-state index contributed by atoms with van der Waals surface area (Å²) in [6, 6.07) is 5.84. The van der Waals surface area contributed by atoms with Crippen LogP contribution in [0.2, 0.25) is 10.0 Å². The molecule has 110 valence electrons. The molecule has 0 saturated carbocycles. The molecule has 3 rings (SSSR count). The number of hydrogen-bond acceptors (Lipinski definition) is 2. The Bertz CT molecular complexity index is 464. The average molecular weight is 313 g/mol. The predicted octanol–water partition coefficient (Wildman–Crippen LogP) is 3.96. The van der Waals surface area contributed by atoms with E-state index in [0.29, 0.717) is 10.4 Å². The molecule has 0 amide bonds. The Morgan fingerprint density at radius 1 is 1.20 bits per heavy atom. The topological polar surface area (TPSA) is 15.3 Å². The molecule has 0 bridgehead atoms. The molecule has 1 aromatic rings. The average Bonchev–Trinajstić information content (AvgIpc) is 2.43. The van der Waals surface area contributed by atoms with E-state index in [2.05, 4.69) is 16.3 Å². The van der Waals surface area contributed by atoms with Gasteiger partial charge >= 0.3 is 0 Å². The minimum absolute atomic E-state index is 0.495. The summed E-state index contributed by atoms with van der Waals surface area (Å²) in [6.07, 6.45) is 5.35. The minimum Gasteiger partial charge on any atom is -0.316 e. The fourth-order valence-electron chi connectivity index (χ4n) is 3.71. The van der Waals surface area contributed by atoms with Crippen molar-refractivity contribution in [3.63, 3.8) is 0 Å². The molecule has 2 fully saturated rings. The van der Waals surface area contributed by atoms with Crippen LogP contribution in [0.3, 0.4) is 0 Å². The molecule has 2 aliphatic rings. The molecule has 2 heterocycles. The first-order chi connectivity index (χ1) is 9.67. The summed E-state index contributed by atoms with van der Waals surface area (Å²) >= 11 is 12.3. The van der Waals surface area contributed by atoms with Crippen molar-refractivity contribution in [3.05, 3.63) is 33.8 Å². The molecule has 20 heavy (non-hydrogen) atoms. The van der Waals surface area contributed by atoms with Crippen molar-refractivity contribution in [1.82, 2.24) is 10.2 Å². The molecule has 2 aliphatic heterocycles. The normalized spacial score (nSPS) is 27.9. The highest BCUT2D eigenvalue weighted by atomic mass is 35.5. The van der Waals surface area contributed by atoms with Crippen LogP contribution in [-0.4, -0.2) is 31.1 Å². The first-order valence-electron chi connectivity index (χ1n) is 7.54. The Morgan fingerprint density at radius 2 is 2.05 bits per heavy atom. The van der Waals surface area contributed by atoms with E-state index in [1.54, 1.807) is 0 Å². The van der Waals surface area contributed by atoms with Crippen LogP contribution in [0.25, 0.3) is 0 Å². The number of piperidine rings is 2. The van der Waals surface area contributed by atoms with Gasteiger partial charge in [0.25, 0.3) is 0 Å². The van der Waals surface area contributed by atoms with Gasteiger partial charge in [-0.15, -0.1) is 0 Å². The van der Waals surface area contributed by atoms with Gasteiger partial charge in [-0.2, -0.15) is 0 Å². The third-order valence-electron chi connectivity index (χ3n) is 4.71. The van der Waals surface area contributed by atoms with Gasteiger partial charge in [-0.05, 0) is 61.9 Å². The van der Waals surface area contributed by atoms with Crippen LogP contribution in [0.5, 0.6) is 0 Å². The minimum atomic E-state index is 0.495. The smallest absolute Gasteiger partial charge is 0.0465 e. The van der Waals surface area contributed by atoms with Crippen molar-refractivity contribution in [3.8, 4) is 0 Å². The Morgan fingerprint density at radius 3 is 2.80 bits per heavy atom. The lowest BCUT2D eigenvalue weighted by Crippen LogP contribution is -2.50. The highest BCUT2D eigenvalue weighted by Crippen LogP contribution is 2.36. The van der Waals surface area contributed by atoms with E-state index in [4.69, 9.17) is 23.2 Å². The number of nitrogens with one attached hydrogen (secondary N) is 1. The third kappa shape index (κ3) is 3.30. The van der Waals surface area contributed by atoms with Crippen LogP contribution in [0, 0.1) is 5.41 Å². The van der Waals surface area contributed by atoms with Crippen LogP contribution in [0.15, 0.2) is 18.2 Å². The predicted molar refractivity (Wildman–Crippen MR) is 85.5 cm³/mol. The van der Waals surface area contributed by atoms with E-state index in [1.165, 1.54) is 57.4 Å². The zero-order valence-corrected chi connectivity index (χ0v) is 13.3. The van der Waals surface area contributed by atoms with Gasteiger partial charge in [0, 0.05) is 29.7 Å². The van der Waals surface area contributed by atoms with Gasteiger partial charge in [-0.25, -0.2) is 0 Å². The molecular formula is C16H22Cl2N2. The van der Waals surface area contributed by atoms with Crippen molar-refractivity contribution in [2.75, 3.05) is 26.2 Å². The lowest BCUT2D eigenvalue weighted by atomic mass is 9.74. The maximum atomic E-state index is 6.30. The molecule has 2 nitrogen and oxygen atoms in total. The molecule has 4 heteroatoms. The van der Waals surface area contributed by atoms with Crippen molar-refractivity contribution in [2.24, 2.45) is 5.41 Å². The summed E-state index contributed by atoms with van der Waals surface area (Å²) in [6.45, 7) is 5.68. The van der Waals surface area contributed by atoms with Crippen LogP contribution in [0.1, 0.15) is 31.2 Å².